The zero-order chi connectivity index (χ0) is 15.4. The van der Waals surface area contributed by atoms with Crippen molar-refractivity contribution in [2.75, 3.05) is 0 Å². The van der Waals surface area contributed by atoms with Crippen LogP contribution in [0.3, 0.4) is 0 Å². The molecule has 1 aliphatic carbocycles. The van der Waals surface area contributed by atoms with Gasteiger partial charge in [-0.1, -0.05) is 11.6 Å². The van der Waals surface area contributed by atoms with E-state index in [1.807, 2.05) is 0 Å². The van der Waals surface area contributed by atoms with Crippen LogP contribution in [-0.4, -0.2) is 23.0 Å². The van der Waals surface area contributed by atoms with Gasteiger partial charge in [-0.25, -0.2) is 4.98 Å². The van der Waals surface area contributed by atoms with Crippen LogP contribution in [-0.2, 0) is 0 Å². The van der Waals surface area contributed by atoms with E-state index < -0.39 is 0 Å². The molecule has 1 saturated carbocycles. The number of hydrogen-bond donors (Lipinski definition) is 1. The van der Waals surface area contributed by atoms with Gasteiger partial charge in [-0.2, -0.15) is 0 Å². The van der Waals surface area contributed by atoms with Gasteiger partial charge in [-0.15, -0.1) is 0 Å². The summed E-state index contributed by atoms with van der Waals surface area (Å²) >= 11 is 6.04. The van der Waals surface area contributed by atoms with Crippen LogP contribution in [0, 0.1) is 0 Å². The van der Waals surface area contributed by atoms with Crippen LogP contribution in [0.5, 0.6) is 5.88 Å². The summed E-state index contributed by atoms with van der Waals surface area (Å²) in [7, 11) is 0. The highest BCUT2D eigenvalue weighted by Crippen LogP contribution is 2.27. The quantitative estimate of drug-likeness (QED) is 0.937. The Morgan fingerprint density at radius 1 is 1.27 bits per heavy atom. The van der Waals surface area contributed by atoms with E-state index in [4.69, 9.17) is 20.8 Å². The van der Waals surface area contributed by atoms with Gasteiger partial charge in [0, 0.05) is 12.2 Å². The summed E-state index contributed by atoms with van der Waals surface area (Å²) in [6.07, 6.45) is 6.69. The molecule has 2 aromatic heterocycles. The van der Waals surface area contributed by atoms with E-state index in [1.54, 1.807) is 30.5 Å². The van der Waals surface area contributed by atoms with E-state index in [0.29, 0.717) is 16.7 Å². The SMILES string of the molecule is O=C(NC1CCC(Oc2ncccc2Cl)CC1)c1ccco1. The van der Waals surface area contributed by atoms with Gasteiger partial charge < -0.3 is 14.5 Å². The van der Waals surface area contributed by atoms with Crippen LogP contribution >= 0.6 is 11.6 Å². The Hall–Kier alpha value is -2.01. The van der Waals surface area contributed by atoms with Crippen molar-refractivity contribution in [3.63, 3.8) is 0 Å². The van der Waals surface area contributed by atoms with Crippen molar-refractivity contribution in [1.29, 1.82) is 0 Å². The van der Waals surface area contributed by atoms with Crippen LogP contribution in [0.25, 0.3) is 0 Å². The van der Waals surface area contributed by atoms with Crippen LogP contribution < -0.4 is 10.1 Å². The van der Waals surface area contributed by atoms with E-state index in [1.165, 1.54) is 6.26 Å². The maximum Gasteiger partial charge on any atom is 0.287 e. The van der Waals surface area contributed by atoms with Gasteiger partial charge in [0.1, 0.15) is 11.1 Å². The molecule has 0 spiro atoms. The first kappa shape index (κ1) is 14.9. The van der Waals surface area contributed by atoms with E-state index >= 15 is 0 Å². The average Bonchev–Trinajstić information content (AvgIpc) is 3.06. The van der Waals surface area contributed by atoms with E-state index in [2.05, 4.69) is 10.3 Å². The molecule has 2 aromatic rings. The Bertz CT molecular complexity index is 622. The standard InChI is InChI=1S/C16H17ClN2O3/c17-13-3-1-9-18-16(13)22-12-7-5-11(6-8-12)19-15(20)14-4-2-10-21-14/h1-4,9-12H,5-8H2,(H,19,20). The zero-order valence-electron chi connectivity index (χ0n) is 12.0. The van der Waals surface area contributed by atoms with Crippen molar-refractivity contribution in [3.8, 4) is 5.88 Å². The topological polar surface area (TPSA) is 64.4 Å². The van der Waals surface area contributed by atoms with Crippen molar-refractivity contribution < 1.29 is 13.9 Å². The highest BCUT2D eigenvalue weighted by atomic mass is 35.5. The summed E-state index contributed by atoms with van der Waals surface area (Å²) in [5, 5.41) is 3.51. The summed E-state index contributed by atoms with van der Waals surface area (Å²) in [4.78, 5) is 16.1. The largest absolute Gasteiger partial charge is 0.473 e. The lowest BCUT2D eigenvalue weighted by atomic mass is 9.93. The maximum absolute atomic E-state index is 11.9. The van der Waals surface area contributed by atoms with Gasteiger partial charge in [-0.3, -0.25) is 4.79 Å². The van der Waals surface area contributed by atoms with Gasteiger partial charge in [0.15, 0.2) is 5.76 Å². The molecule has 0 saturated heterocycles. The fourth-order valence-corrected chi connectivity index (χ4v) is 2.77. The van der Waals surface area contributed by atoms with Gasteiger partial charge >= 0.3 is 0 Å². The van der Waals surface area contributed by atoms with E-state index in [0.717, 1.165) is 25.7 Å². The summed E-state index contributed by atoms with van der Waals surface area (Å²) in [6.45, 7) is 0. The monoisotopic (exact) mass is 320 g/mol. The number of nitrogens with zero attached hydrogens (tertiary/aromatic N) is 1. The molecule has 116 valence electrons. The molecule has 1 N–H and O–H groups in total. The second-order valence-corrected chi connectivity index (χ2v) is 5.74. The predicted octanol–water partition coefficient (Wildman–Crippen LogP) is 3.45. The molecule has 22 heavy (non-hydrogen) atoms. The molecule has 0 aliphatic heterocycles. The smallest absolute Gasteiger partial charge is 0.287 e. The number of halogens is 1. The number of rotatable bonds is 4. The minimum absolute atomic E-state index is 0.0872. The lowest BCUT2D eigenvalue weighted by molar-refractivity contribution is 0.0864. The third-order valence-electron chi connectivity index (χ3n) is 3.76. The maximum atomic E-state index is 11.9. The average molecular weight is 321 g/mol. The lowest BCUT2D eigenvalue weighted by Gasteiger charge is -2.29. The predicted molar refractivity (Wildman–Crippen MR) is 82.1 cm³/mol. The Balaban J connectivity index is 1.48. The van der Waals surface area contributed by atoms with Crippen LogP contribution in [0.2, 0.25) is 5.02 Å². The number of carbonyl (C=O) groups is 1. The molecule has 1 amide bonds. The number of aromatic nitrogens is 1. The van der Waals surface area contributed by atoms with E-state index in [9.17, 15) is 4.79 Å². The number of nitrogens with one attached hydrogen (secondary N) is 1. The molecule has 1 fully saturated rings. The molecule has 6 heteroatoms. The zero-order valence-corrected chi connectivity index (χ0v) is 12.8. The van der Waals surface area contributed by atoms with Gasteiger partial charge in [0.2, 0.25) is 5.88 Å². The second-order valence-electron chi connectivity index (χ2n) is 5.33. The Morgan fingerprint density at radius 2 is 2.09 bits per heavy atom. The molecule has 3 rings (SSSR count). The van der Waals surface area contributed by atoms with Crippen molar-refractivity contribution in [3.05, 3.63) is 47.5 Å². The number of pyridine rings is 1. The number of ether oxygens (including phenoxy) is 1. The summed E-state index contributed by atoms with van der Waals surface area (Å²) in [6, 6.07) is 7.05. The number of hydrogen-bond acceptors (Lipinski definition) is 4. The molecule has 0 bridgehead atoms. The molecule has 0 radical (unpaired) electrons. The fraction of sp³-hybridized carbons (Fsp3) is 0.375. The number of furan rings is 1. The molecule has 5 nitrogen and oxygen atoms in total. The summed E-state index contributed by atoms with van der Waals surface area (Å²) < 4.78 is 10.9. The minimum Gasteiger partial charge on any atom is -0.473 e. The lowest BCUT2D eigenvalue weighted by Crippen LogP contribution is -2.39. The highest BCUT2D eigenvalue weighted by molar-refractivity contribution is 6.31. The molecular formula is C16H17ClN2O3. The summed E-state index contributed by atoms with van der Waals surface area (Å²) in [5.74, 6) is 0.660. The first-order chi connectivity index (χ1) is 10.7. The first-order valence-electron chi connectivity index (χ1n) is 7.34. The molecule has 0 unspecified atom stereocenters. The summed E-state index contributed by atoms with van der Waals surface area (Å²) in [5.41, 5.74) is 0. The van der Waals surface area contributed by atoms with E-state index in [-0.39, 0.29) is 18.1 Å². The van der Waals surface area contributed by atoms with Crippen molar-refractivity contribution >= 4 is 17.5 Å². The van der Waals surface area contributed by atoms with Gasteiger partial charge in [0.05, 0.1) is 6.26 Å². The van der Waals surface area contributed by atoms with Crippen molar-refractivity contribution in [2.24, 2.45) is 0 Å². The number of amides is 1. The molecular weight excluding hydrogens is 304 g/mol. The Labute approximate surface area is 133 Å². The molecule has 0 aromatic carbocycles. The molecule has 1 aliphatic rings. The molecule has 0 atom stereocenters. The fourth-order valence-electron chi connectivity index (χ4n) is 2.61. The third kappa shape index (κ3) is 3.60. The first-order valence-corrected chi connectivity index (χ1v) is 7.71. The van der Waals surface area contributed by atoms with Crippen LogP contribution in [0.4, 0.5) is 0 Å². The third-order valence-corrected chi connectivity index (χ3v) is 4.05. The van der Waals surface area contributed by atoms with Crippen molar-refractivity contribution in [1.82, 2.24) is 10.3 Å². The van der Waals surface area contributed by atoms with Gasteiger partial charge in [0.25, 0.3) is 5.91 Å². The Kier molecular flexibility index (Phi) is 4.63. The van der Waals surface area contributed by atoms with Crippen molar-refractivity contribution in [2.45, 2.75) is 37.8 Å². The molecule has 2 heterocycles. The van der Waals surface area contributed by atoms with Crippen LogP contribution in [0.15, 0.2) is 41.1 Å². The minimum atomic E-state index is -0.165. The Morgan fingerprint density at radius 3 is 2.77 bits per heavy atom. The van der Waals surface area contributed by atoms with Crippen LogP contribution in [0.1, 0.15) is 36.2 Å². The highest BCUT2D eigenvalue weighted by Gasteiger charge is 2.25. The normalized spacial score (nSPS) is 21.3. The number of carbonyl (C=O) groups excluding carboxylic acids is 1. The van der Waals surface area contributed by atoms with Gasteiger partial charge in [-0.05, 0) is 49.9 Å². The second kappa shape index (κ2) is 6.83.